The third kappa shape index (κ3) is 3.36. The van der Waals surface area contributed by atoms with Crippen LogP contribution in [0.25, 0.3) is 10.8 Å². The van der Waals surface area contributed by atoms with E-state index < -0.39 is 6.04 Å². The van der Waals surface area contributed by atoms with Crippen molar-refractivity contribution in [3.05, 3.63) is 66.7 Å². The number of hydrogen-bond donors (Lipinski definition) is 1. The highest BCUT2D eigenvalue weighted by atomic mass is 16.5. The molecule has 1 fully saturated rings. The van der Waals surface area contributed by atoms with E-state index >= 15 is 0 Å². The van der Waals surface area contributed by atoms with Crippen LogP contribution in [0.4, 0.5) is 11.4 Å². The minimum Gasteiger partial charge on any atom is -0.494 e. The minimum absolute atomic E-state index is 0.138. The normalized spacial score (nSPS) is 16.8. The number of nitrogens with zero attached hydrogens (tertiary/aromatic N) is 1. The van der Waals surface area contributed by atoms with E-state index in [1.54, 1.807) is 24.3 Å². The summed E-state index contributed by atoms with van der Waals surface area (Å²) < 4.78 is 5.41. The molecule has 1 N–H and O–H groups in total. The lowest BCUT2D eigenvalue weighted by molar-refractivity contribution is -0.121. The Hall–Kier alpha value is -3.34. The fraction of sp³-hybridized carbons (Fsp3) is 0.182. The maximum Gasteiger partial charge on any atom is 0.256 e. The van der Waals surface area contributed by atoms with Gasteiger partial charge in [-0.2, -0.15) is 0 Å². The van der Waals surface area contributed by atoms with Crippen molar-refractivity contribution in [2.45, 2.75) is 19.4 Å². The molecule has 136 valence electrons. The predicted molar refractivity (Wildman–Crippen MR) is 106 cm³/mol. The van der Waals surface area contributed by atoms with Gasteiger partial charge in [-0.25, -0.2) is 4.90 Å². The molecule has 2 amide bonds. The van der Waals surface area contributed by atoms with E-state index in [9.17, 15) is 9.59 Å². The van der Waals surface area contributed by atoms with Crippen molar-refractivity contribution in [3.8, 4) is 5.75 Å². The van der Waals surface area contributed by atoms with E-state index in [-0.39, 0.29) is 18.2 Å². The molecule has 0 radical (unpaired) electrons. The van der Waals surface area contributed by atoms with Gasteiger partial charge in [-0.05, 0) is 54.1 Å². The van der Waals surface area contributed by atoms with Crippen LogP contribution in [0.2, 0.25) is 0 Å². The molecule has 0 aliphatic carbocycles. The first-order valence-corrected chi connectivity index (χ1v) is 9.00. The Morgan fingerprint density at radius 2 is 1.74 bits per heavy atom. The molecule has 3 aromatic carbocycles. The van der Waals surface area contributed by atoms with E-state index in [1.807, 2.05) is 49.4 Å². The van der Waals surface area contributed by atoms with Crippen LogP contribution < -0.4 is 15.0 Å². The summed E-state index contributed by atoms with van der Waals surface area (Å²) in [5.41, 5.74) is 1.39. The van der Waals surface area contributed by atoms with Crippen molar-refractivity contribution >= 4 is 34.0 Å². The van der Waals surface area contributed by atoms with E-state index in [4.69, 9.17) is 4.74 Å². The predicted octanol–water partition coefficient (Wildman–Crippen LogP) is 3.98. The van der Waals surface area contributed by atoms with Crippen molar-refractivity contribution < 1.29 is 14.3 Å². The summed E-state index contributed by atoms with van der Waals surface area (Å²) >= 11 is 0. The van der Waals surface area contributed by atoms with E-state index in [0.29, 0.717) is 18.0 Å². The quantitative estimate of drug-likeness (QED) is 0.699. The first-order valence-electron chi connectivity index (χ1n) is 9.00. The average molecular weight is 360 g/mol. The summed E-state index contributed by atoms with van der Waals surface area (Å²) in [5.74, 6) is 0.269. The second-order valence-corrected chi connectivity index (χ2v) is 6.46. The second-order valence-electron chi connectivity index (χ2n) is 6.46. The Morgan fingerprint density at radius 3 is 2.48 bits per heavy atom. The number of carbonyl (C=O) groups is 2. The van der Waals surface area contributed by atoms with Crippen molar-refractivity contribution in [2.75, 3.05) is 16.8 Å². The van der Waals surface area contributed by atoms with Crippen LogP contribution in [0.5, 0.6) is 5.75 Å². The third-order valence-corrected chi connectivity index (χ3v) is 4.64. The number of fused-ring (bicyclic) bond motifs is 1. The van der Waals surface area contributed by atoms with Crippen LogP contribution in [0.1, 0.15) is 13.3 Å². The van der Waals surface area contributed by atoms with E-state index in [1.165, 1.54) is 4.90 Å². The topological polar surface area (TPSA) is 58.6 Å². The van der Waals surface area contributed by atoms with Gasteiger partial charge in [-0.1, -0.05) is 30.3 Å². The van der Waals surface area contributed by atoms with Gasteiger partial charge in [0.2, 0.25) is 5.91 Å². The molecule has 0 aromatic heterocycles. The van der Waals surface area contributed by atoms with Crippen LogP contribution in [0.15, 0.2) is 66.7 Å². The molecular formula is C22H20N2O3. The Morgan fingerprint density at radius 1 is 1.00 bits per heavy atom. The summed E-state index contributed by atoms with van der Waals surface area (Å²) in [6.45, 7) is 2.48. The van der Waals surface area contributed by atoms with Gasteiger partial charge in [-0.3, -0.25) is 9.59 Å². The smallest absolute Gasteiger partial charge is 0.256 e. The first-order chi connectivity index (χ1) is 13.2. The van der Waals surface area contributed by atoms with E-state index in [0.717, 1.165) is 16.5 Å². The van der Waals surface area contributed by atoms with Crippen LogP contribution in [0.3, 0.4) is 0 Å². The van der Waals surface area contributed by atoms with Gasteiger partial charge >= 0.3 is 0 Å². The third-order valence-electron chi connectivity index (χ3n) is 4.64. The minimum atomic E-state index is -0.565. The number of amides is 2. The number of carbonyl (C=O) groups excluding carboxylic acids is 2. The zero-order valence-electron chi connectivity index (χ0n) is 15.0. The lowest BCUT2D eigenvalue weighted by atomic mass is 10.1. The molecule has 1 aliphatic heterocycles. The van der Waals surface area contributed by atoms with Crippen molar-refractivity contribution in [1.82, 2.24) is 0 Å². The number of imide groups is 1. The van der Waals surface area contributed by atoms with Crippen LogP contribution in [-0.2, 0) is 9.59 Å². The van der Waals surface area contributed by atoms with Crippen LogP contribution in [-0.4, -0.2) is 24.5 Å². The van der Waals surface area contributed by atoms with Crippen molar-refractivity contribution in [1.29, 1.82) is 0 Å². The number of ether oxygens (including phenoxy) is 1. The lowest BCUT2D eigenvalue weighted by Crippen LogP contribution is -2.34. The summed E-state index contributed by atoms with van der Waals surface area (Å²) in [6, 6.07) is 20.4. The lowest BCUT2D eigenvalue weighted by Gasteiger charge is -2.17. The molecule has 5 nitrogen and oxygen atoms in total. The number of rotatable bonds is 5. The Bertz CT molecular complexity index is 998. The molecule has 1 heterocycles. The molecule has 1 atom stereocenters. The molecule has 0 unspecified atom stereocenters. The van der Waals surface area contributed by atoms with Gasteiger partial charge < -0.3 is 10.1 Å². The molecule has 5 heteroatoms. The average Bonchev–Trinajstić information content (AvgIpc) is 2.96. The van der Waals surface area contributed by atoms with Crippen molar-refractivity contribution in [2.24, 2.45) is 0 Å². The molecular weight excluding hydrogens is 340 g/mol. The highest BCUT2D eigenvalue weighted by Crippen LogP contribution is 2.27. The van der Waals surface area contributed by atoms with E-state index in [2.05, 4.69) is 5.32 Å². The number of anilines is 2. The fourth-order valence-corrected chi connectivity index (χ4v) is 3.35. The molecule has 27 heavy (non-hydrogen) atoms. The summed E-state index contributed by atoms with van der Waals surface area (Å²) in [7, 11) is 0. The largest absolute Gasteiger partial charge is 0.494 e. The van der Waals surface area contributed by atoms with Crippen LogP contribution in [0, 0.1) is 0 Å². The molecule has 0 bridgehead atoms. The molecule has 1 aliphatic rings. The molecule has 4 rings (SSSR count). The first kappa shape index (κ1) is 17.1. The monoisotopic (exact) mass is 360 g/mol. The standard InChI is InChI=1S/C22H20N2O3/c1-2-27-19-11-9-18(10-12-19)24-21(25)14-20(22(24)26)23-17-8-7-15-5-3-4-6-16(15)13-17/h3-13,20,23H,2,14H2,1H3/t20-/m1/s1. The summed E-state index contributed by atoms with van der Waals surface area (Å²) in [4.78, 5) is 26.5. The summed E-state index contributed by atoms with van der Waals surface area (Å²) in [5, 5.41) is 5.43. The highest BCUT2D eigenvalue weighted by Gasteiger charge is 2.39. The molecule has 0 spiro atoms. The number of nitrogens with one attached hydrogen (secondary N) is 1. The SMILES string of the molecule is CCOc1ccc(N2C(=O)C[C@@H](Nc3ccc4ccccc4c3)C2=O)cc1. The summed E-state index contributed by atoms with van der Waals surface area (Å²) in [6.07, 6.45) is 0.138. The van der Waals surface area contributed by atoms with Gasteiger partial charge in [0.05, 0.1) is 18.7 Å². The van der Waals surface area contributed by atoms with Gasteiger partial charge in [0.25, 0.3) is 5.91 Å². The Balaban J connectivity index is 1.53. The maximum atomic E-state index is 12.8. The fourth-order valence-electron chi connectivity index (χ4n) is 3.35. The maximum absolute atomic E-state index is 12.8. The van der Waals surface area contributed by atoms with Crippen molar-refractivity contribution in [3.63, 3.8) is 0 Å². The zero-order chi connectivity index (χ0) is 18.8. The Kier molecular flexibility index (Phi) is 4.50. The number of benzene rings is 3. The highest BCUT2D eigenvalue weighted by molar-refractivity contribution is 6.23. The van der Waals surface area contributed by atoms with Gasteiger partial charge in [-0.15, -0.1) is 0 Å². The van der Waals surface area contributed by atoms with Crippen LogP contribution >= 0.6 is 0 Å². The molecule has 1 saturated heterocycles. The second kappa shape index (κ2) is 7.11. The van der Waals surface area contributed by atoms with Gasteiger partial charge in [0.1, 0.15) is 11.8 Å². The van der Waals surface area contributed by atoms with Gasteiger partial charge in [0, 0.05) is 5.69 Å². The van der Waals surface area contributed by atoms with Gasteiger partial charge in [0.15, 0.2) is 0 Å². The molecule has 3 aromatic rings. The Labute approximate surface area is 157 Å². The molecule has 0 saturated carbocycles. The zero-order valence-corrected chi connectivity index (χ0v) is 15.0. The number of hydrogen-bond acceptors (Lipinski definition) is 4.